The third-order valence-electron chi connectivity index (χ3n) is 4.13. The zero-order valence-electron chi connectivity index (χ0n) is 13.5. The summed E-state index contributed by atoms with van der Waals surface area (Å²) in [5, 5.41) is 12.8. The Morgan fingerprint density at radius 3 is 2.68 bits per heavy atom. The summed E-state index contributed by atoms with van der Waals surface area (Å²) >= 11 is 1.46. The van der Waals surface area contributed by atoms with E-state index in [0.29, 0.717) is 29.8 Å². The van der Waals surface area contributed by atoms with E-state index in [2.05, 4.69) is 32.2 Å². The van der Waals surface area contributed by atoms with Crippen molar-refractivity contribution in [1.82, 2.24) is 0 Å². The second kappa shape index (κ2) is 6.21. The molecule has 2 rings (SSSR count). The Labute approximate surface area is 135 Å². The van der Waals surface area contributed by atoms with Crippen LogP contribution in [-0.4, -0.2) is 11.7 Å². The summed E-state index contributed by atoms with van der Waals surface area (Å²) in [7, 11) is 0. The summed E-state index contributed by atoms with van der Waals surface area (Å²) in [5.74, 6) is -0.0149. The molecule has 0 aromatic carbocycles. The van der Waals surface area contributed by atoms with E-state index in [-0.39, 0.29) is 28.9 Å². The summed E-state index contributed by atoms with van der Waals surface area (Å²) in [4.78, 5) is 25.1. The molecule has 1 saturated carbocycles. The first kappa shape index (κ1) is 16.7. The second-order valence-electron chi connectivity index (χ2n) is 7.04. The second-order valence-corrected chi connectivity index (χ2v) is 8.10. The fraction of sp³-hybridized carbons (Fsp3) is 0.588. The van der Waals surface area contributed by atoms with E-state index >= 15 is 0 Å². The summed E-state index contributed by atoms with van der Waals surface area (Å²) in [6.07, 6.45) is 1.68. The van der Waals surface area contributed by atoms with Gasteiger partial charge in [-0.2, -0.15) is 5.26 Å². The lowest BCUT2D eigenvalue weighted by Crippen LogP contribution is -2.31. The highest BCUT2D eigenvalue weighted by molar-refractivity contribution is 7.16. The summed E-state index contributed by atoms with van der Waals surface area (Å²) in [6, 6.07) is 4.01. The van der Waals surface area contributed by atoms with E-state index in [4.69, 9.17) is 0 Å². The number of Topliss-reactive ketones (excluding diaryl/α,β-unsaturated/α-hetero) is 1. The Hall–Kier alpha value is -1.67. The zero-order valence-corrected chi connectivity index (χ0v) is 14.3. The van der Waals surface area contributed by atoms with Crippen molar-refractivity contribution >= 4 is 28.0 Å². The predicted octanol–water partition coefficient (Wildman–Crippen LogP) is 3.86. The average Bonchev–Trinajstić information content (AvgIpc) is 2.84. The minimum absolute atomic E-state index is 0.0478. The van der Waals surface area contributed by atoms with Crippen LogP contribution in [0.1, 0.15) is 57.4 Å². The number of anilines is 1. The van der Waals surface area contributed by atoms with E-state index in [1.807, 2.05) is 13.0 Å². The van der Waals surface area contributed by atoms with Crippen molar-refractivity contribution in [1.29, 1.82) is 5.26 Å². The molecule has 0 radical (unpaired) electrons. The highest BCUT2D eigenvalue weighted by Crippen LogP contribution is 2.36. The maximum atomic E-state index is 12.4. The molecule has 1 aromatic rings. The summed E-state index contributed by atoms with van der Waals surface area (Å²) in [6.45, 7) is 8.13. The molecule has 22 heavy (non-hydrogen) atoms. The Kier molecular flexibility index (Phi) is 4.72. The molecule has 2 atom stereocenters. The lowest BCUT2D eigenvalue weighted by atomic mass is 9.81. The molecule has 1 N–H and O–H groups in total. The molecule has 1 amide bonds. The standard InChI is InChI=1S/C17H22N2O2S/c1-10-7-11(5-6-13(10)20)15(21)19-16-12(9-18)8-14(22-16)17(2,3)4/h8,10-11H,5-7H2,1-4H3,(H,19,21). The van der Waals surface area contributed by atoms with Gasteiger partial charge in [-0.3, -0.25) is 9.59 Å². The van der Waals surface area contributed by atoms with Crippen LogP contribution in [0.5, 0.6) is 0 Å². The van der Waals surface area contributed by atoms with Crippen LogP contribution in [0, 0.1) is 23.2 Å². The molecule has 1 aliphatic carbocycles. The predicted molar refractivity (Wildman–Crippen MR) is 87.9 cm³/mol. The van der Waals surface area contributed by atoms with Gasteiger partial charge < -0.3 is 5.32 Å². The quantitative estimate of drug-likeness (QED) is 0.900. The fourth-order valence-corrected chi connectivity index (χ4v) is 3.70. The fourth-order valence-electron chi connectivity index (χ4n) is 2.63. The molecule has 1 aliphatic rings. The largest absolute Gasteiger partial charge is 0.316 e. The van der Waals surface area contributed by atoms with E-state index in [9.17, 15) is 14.9 Å². The number of thiophene rings is 1. The molecule has 0 spiro atoms. The third-order valence-corrected chi connectivity index (χ3v) is 5.60. The molecule has 2 unspecified atom stereocenters. The van der Waals surface area contributed by atoms with Crippen LogP contribution < -0.4 is 5.32 Å². The third kappa shape index (κ3) is 3.56. The Morgan fingerprint density at radius 2 is 2.14 bits per heavy atom. The zero-order chi connectivity index (χ0) is 16.5. The van der Waals surface area contributed by atoms with Gasteiger partial charge in [0.05, 0.1) is 5.56 Å². The summed E-state index contributed by atoms with van der Waals surface area (Å²) in [5.41, 5.74) is 0.466. The van der Waals surface area contributed by atoms with Crippen molar-refractivity contribution in [3.8, 4) is 6.07 Å². The Bertz CT molecular complexity index is 634. The number of ketones is 1. The van der Waals surface area contributed by atoms with E-state index in [1.165, 1.54) is 11.3 Å². The SMILES string of the molecule is CC1CC(C(=O)Nc2sc(C(C)(C)C)cc2C#N)CCC1=O. The maximum Gasteiger partial charge on any atom is 0.228 e. The van der Waals surface area contributed by atoms with Crippen LogP contribution in [-0.2, 0) is 15.0 Å². The van der Waals surface area contributed by atoms with Crippen LogP contribution >= 0.6 is 11.3 Å². The van der Waals surface area contributed by atoms with Gasteiger partial charge in [-0.15, -0.1) is 11.3 Å². The topological polar surface area (TPSA) is 70.0 Å². The molecular weight excluding hydrogens is 296 g/mol. The number of nitrogens with zero attached hydrogens (tertiary/aromatic N) is 1. The van der Waals surface area contributed by atoms with Crippen LogP contribution in [0.25, 0.3) is 0 Å². The van der Waals surface area contributed by atoms with Crippen molar-refractivity contribution in [3.05, 3.63) is 16.5 Å². The molecule has 4 nitrogen and oxygen atoms in total. The Morgan fingerprint density at radius 1 is 1.45 bits per heavy atom. The Balaban J connectivity index is 2.14. The van der Waals surface area contributed by atoms with Crippen molar-refractivity contribution in [2.45, 2.75) is 52.4 Å². The first-order valence-corrected chi connectivity index (χ1v) is 8.42. The lowest BCUT2D eigenvalue weighted by molar-refractivity contribution is -0.128. The number of hydrogen-bond donors (Lipinski definition) is 1. The number of nitrogens with one attached hydrogen (secondary N) is 1. The molecule has 0 saturated heterocycles. The average molecular weight is 318 g/mol. The molecule has 1 fully saturated rings. The van der Waals surface area contributed by atoms with Gasteiger partial charge >= 0.3 is 0 Å². The molecule has 5 heteroatoms. The number of carbonyl (C=O) groups is 2. The van der Waals surface area contributed by atoms with E-state index in [1.54, 1.807) is 0 Å². The lowest BCUT2D eigenvalue weighted by Gasteiger charge is -2.24. The minimum atomic E-state index is -0.139. The van der Waals surface area contributed by atoms with Crippen LogP contribution in [0.4, 0.5) is 5.00 Å². The highest BCUT2D eigenvalue weighted by Gasteiger charge is 2.30. The normalized spacial score (nSPS) is 22.2. The van der Waals surface area contributed by atoms with E-state index in [0.717, 1.165) is 4.88 Å². The number of rotatable bonds is 2. The van der Waals surface area contributed by atoms with Crippen molar-refractivity contribution < 1.29 is 9.59 Å². The van der Waals surface area contributed by atoms with Crippen LogP contribution in [0.3, 0.4) is 0 Å². The van der Waals surface area contributed by atoms with Gasteiger partial charge in [0.25, 0.3) is 0 Å². The maximum absolute atomic E-state index is 12.4. The van der Waals surface area contributed by atoms with Crippen molar-refractivity contribution in [3.63, 3.8) is 0 Å². The number of nitriles is 1. The monoisotopic (exact) mass is 318 g/mol. The smallest absolute Gasteiger partial charge is 0.228 e. The molecule has 0 aliphatic heterocycles. The van der Waals surface area contributed by atoms with E-state index < -0.39 is 0 Å². The number of carbonyl (C=O) groups excluding carboxylic acids is 2. The van der Waals surface area contributed by atoms with Gasteiger partial charge in [-0.25, -0.2) is 0 Å². The first-order valence-electron chi connectivity index (χ1n) is 7.60. The molecule has 1 aromatic heterocycles. The minimum Gasteiger partial charge on any atom is -0.316 e. The van der Waals surface area contributed by atoms with Crippen LogP contribution in [0.2, 0.25) is 0 Å². The molecule has 118 valence electrons. The molecular formula is C17H22N2O2S. The number of amides is 1. The molecule has 0 bridgehead atoms. The van der Waals surface area contributed by atoms with Gasteiger partial charge in [-0.05, 0) is 24.3 Å². The summed E-state index contributed by atoms with van der Waals surface area (Å²) < 4.78 is 0. The van der Waals surface area contributed by atoms with Gasteiger partial charge in [0.2, 0.25) is 5.91 Å². The van der Waals surface area contributed by atoms with Gasteiger partial charge in [-0.1, -0.05) is 27.7 Å². The molecule has 1 heterocycles. The van der Waals surface area contributed by atoms with Gasteiger partial charge in [0.15, 0.2) is 0 Å². The van der Waals surface area contributed by atoms with Gasteiger partial charge in [0, 0.05) is 23.1 Å². The van der Waals surface area contributed by atoms with Crippen molar-refractivity contribution in [2.75, 3.05) is 5.32 Å². The highest BCUT2D eigenvalue weighted by atomic mass is 32.1. The number of hydrogen-bond acceptors (Lipinski definition) is 4. The van der Waals surface area contributed by atoms with Crippen molar-refractivity contribution in [2.24, 2.45) is 11.8 Å². The first-order chi connectivity index (χ1) is 10.2. The van der Waals surface area contributed by atoms with Gasteiger partial charge in [0.1, 0.15) is 16.9 Å². The van der Waals surface area contributed by atoms with Crippen LogP contribution in [0.15, 0.2) is 6.07 Å².